The minimum atomic E-state index is -2.80. The van der Waals surface area contributed by atoms with Gasteiger partial charge < -0.3 is 10.0 Å². The first-order valence-corrected chi connectivity index (χ1v) is 8.52. The molecule has 1 heterocycles. The normalized spacial score (nSPS) is 21.6. The largest absolute Gasteiger partial charge is 0.393 e. The lowest BCUT2D eigenvalue weighted by atomic mass is 9.92. The molecule has 1 fully saturated rings. The summed E-state index contributed by atoms with van der Waals surface area (Å²) >= 11 is 0. The third-order valence-electron chi connectivity index (χ3n) is 3.55. The Morgan fingerprint density at radius 3 is 2.35 bits per heavy atom. The minimum Gasteiger partial charge on any atom is -0.393 e. The Labute approximate surface area is 105 Å². The molecule has 1 unspecified atom stereocenters. The van der Waals surface area contributed by atoms with Crippen LogP contribution < -0.4 is 0 Å². The molecule has 1 aliphatic rings. The molecule has 17 heavy (non-hydrogen) atoms. The van der Waals surface area contributed by atoms with Crippen LogP contribution in [-0.4, -0.2) is 56.2 Å². The number of piperidine rings is 1. The maximum Gasteiger partial charge on any atom is 0.147 e. The lowest BCUT2D eigenvalue weighted by molar-refractivity contribution is 0.0715. The second-order valence-electron chi connectivity index (χ2n) is 5.26. The van der Waals surface area contributed by atoms with Crippen LogP contribution >= 0.6 is 0 Å². The van der Waals surface area contributed by atoms with Crippen molar-refractivity contribution in [1.29, 1.82) is 0 Å². The second-order valence-corrected chi connectivity index (χ2v) is 7.52. The molecule has 1 saturated heterocycles. The molecule has 1 atom stereocenters. The van der Waals surface area contributed by atoms with E-state index in [0.29, 0.717) is 11.7 Å². The van der Waals surface area contributed by atoms with E-state index >= 15 is 0 Å². The van der Waals surface area contributed by atoms with Crippen molar-refractivity contribution in [3.63, 3.8) is 0 Å². The highest BCUT2D eigenvalue weighted by atomic mass is 32.2. The summed E-state index contributed by atoms with van der Waals surface area (Å²) < 4.78 is 21.9. The second kappa shape index (κ2) is 6.71. The minimum absolute atomic E-state index is 0.192. The average Bonchev–Trinajstić information content (AvgIpc) is 2.24. The van der Waals surface area contributed by atoms with Crippen molar-refractivity contribution in [2.24, 2.45) is 5.92 Å². The van der Waals surface area contributed by atoms with Gasteiger partial charge >= 0.3 is 0 Å². The summed E-state index contributed by atoms with van der Waals surface area (Å²) in [5, 5.41) is 9.48. The highest BCUT2D eigenvalue weighted by Crippen LogP contribution is 2.20. The fourth-order valence-corrected chi connectivity index (χ4v) is 3.09. The summed E-state index contributed by atoms with van der Waals surface area (Å²) in [5.41, 5.74) is 0. The lowest BCUT2D eigenvalue weighted by Gasteiger charge is -2.33. The Balaban J connectivity index is 2.10. The van der Waals surface area contributed by atoms with Gasteiger partial charge in [-0.3, -0.25) is 0 Å². The Hall–Kier alpha value is -0.130. The molecule has 0 amide bonds. The summed E-state index contributed by atoms with van der Waals surface area (Å²) in [5.74, 6) is 0.749. The highest BCUT2D eigenvalue weighted by molar-refractivity contribution is 7.90. The van der Waals surface area contributed by atoms with Gasteiger partial charge in [-0.15, -0.1) is 0 Å². The smallest absolute Gasteiger partial charge is 0.147 e. The van der Waals surface area contributed by atoms with Crippen molar-refractivity contribution in [1.82, 2.24) is 4.90 Å². The molecule has 0 aliphatic carbocycles. The fraction of sp³-hybridized carbons (Fsp3) is 1.00. The van der Waals surface area contributed by atoms with Crippen LogP contribution in [0.1, 0.15) is 32.6 Å². The summed E-state index contributed by atoms with van der Waals surface area (Å²) in [7, 11) is -2.80. The van der Waals surface area contributed by atoms with Gasteiger partial charge in [0.25, 0.3) is 0 Å². The van der Waals surface area contributed by atoms with Gasteiger partial charge in [-0.2, -0.15) is 0 Å². The molecule has 0 saturated carbocycles. The third-order valence-corrected chi connectivity index (χ3v) is 4.58. The standard InChI is InChI=1S/C12H25NO3S/c1-11(14)12-5-8-13(9-6-12)7-3-4-10-17(2,15)16/h11-12,14H,3-10H2,1-2H3. The van der Waals surface area contributed by atoms with Crippen LogP contribution in [0.15, 0.2) is 0 Å². The van der Waals surface area contributed by atoms with Gasteiger partial charge in [-0.1, -0.05) is 0 Å². The number of hydrogen-bond acceptors (Lipinski definition) is 4. The van der Waals surface area contributed by atoms with Gasteiger partial charge in [0.2, 0.25) is 0 Å². The maximum atomic E-state index is 11.0. The average molecular weight is 263 g/mol. The number of likely N-dealkylation sites (tertiary alicyclic amines) is 1. The first kappa shape index (κ1) is 14.9. The van der Waals surface area contributed by atoms with Crippen molar-refractivity contribution in [2.75, 3.05) is 31.6 Å². The molecular weight excluding hydrogens is 238 g/mol. The van der Waals surface area contributed by atoms with Crippen molar-refractivity contribution >= 4 is 9.84 Å². The predicted molar refractivity (Wildman–Crippen MR) is 69.8 cm³/mol. The van der Waals surface area contributed by atoms with Crippen molar-refractivity contribution in [3.8, 4) is 0 Å². The van der Waals surface area contributed by atoms with Crippen LogP contribution in [0.4, 0.5) is 0 Å². The fourth-order valence-electron chi connectivity index (χ4n) is 2.36. The van der Waals surface area contributed by atoms with Crippen LogP contribution in [0, 0.1) is 5.92 Å². The zero-order valence-electron chi connectivity index (χ0n) is 10.9. The third kappa shape index (κ3) is 6.38. The van der Waals surface area contributed by atoms with Crippen LogP contribution in [0.3, 0.4) is 0 Å². The molecule has 1 aliphatic heterocycles. The molecule has 0 aromatic rings. The number of rotatable bonds is 6. The van der Waals surface area contributed by atoms with Crippen LogP contribution in [-0.2, 0) is 9.84 Å². The molecular formula is C12H25NO3S. The Morgan fingerprint density at radius 1 is 1.29 bits per heavy atom. The Bertz CT molecular complexity index is 306. The molecule has 5 heteroatoms. The molecule has 1 rings (SSSR count). The number of sulfone groups is 1. The Kier molecular flexibility index (Phi) is 5.89. The van der Waals surface area contributed by atoms with E-state index in [1.54, 1.807) is 0 Å². The number of aliphatic hydroxyl groups is 1. The number of nitrogens with zero attached hydrogens (tertiary/aromatic N) is 1. The number of aliphatic hydroxyl groups excluding tert-OH is 1. The molecule has 0 bridgehead atoms. The van der Waals surface area contributed by atoms with Gasteiger partial charge in [0, 0.05) is 12.0 Å². The monoisotopic (exact) mass is 263 g/mol. The molecule has 0 aromatic heterocycles. The van der Waals surface area contributed by atoms with Crippen LogP contribution in [0.5, 0.6) is 0 Å². The lowest BCUT2D eigenvalue weighted by Crippen LogP contribution is -2.37. The zero-order valence-corrected chi connectivity index (χ0v) is 11.7. The van der Waals surface area contributed by atoms with E-state index in [2.05, 4.69) is 4.90 Å². The number of unbranched alkanes of at least 4 members (excludes halogenated alkanes) is 1. The van der Waals surface area contributed by atoms with Gasteiger partial charge in [-0.05, 0) is 58.2 Å². The van der Waals surface area contributed by atoms with Gasteiger partial charge in [0.05, 0.1) is 6.10 Å². The Morgan fingerprint density at radius 2 is 1.88 bits per heavy atom. The maximum absolute atomic E-state index is 11.0. The van der Waals surface area contributed by atoms with E-state index in [4.69, 9.17) is 0 Å². The van der Waals surface area contributed by atoms with Crippen molar-refractivity contribution in [3.05, 3.63) is 0 Å². The zero-order chi connectivity index (χ0) is 12.9. The molecule has 1 N–H and O–H groups in total. The van der Waals surface area contributed by atoms with Gasteiger partial charge in [-0.25, -0.2) is 8.42 Å². The first-order chi connectivity index (χ1) is 7.88. The van der Waals surface area contributed by atoms with Crippen LogP contribution in [0.2, 0.25) is 0 Å². The molecule has 0 spiro atoms. The molecule has 0 radical (unpaired) electrons. The first-order valence-electron chi connectivity index (χ1n) is 6.46. The molecule has 4 nitrogen and oxygen atoms in total. The quantitative estimate of drug-likeness (QED) is 0.724. The number of hydrogen-bond donors (Lipinski definition) is 1. The van der Waals surface area contributed by atoms with Gasteiger partial charge in [0.1, 0.15) is 9.84 Å². The topological polar surface area (TPSA) is 57.6 Å². The molecule has 102 valence electrons. The highest BCUT2D eigenvalue weighted by Gasteiger charge is 2.22. The van der Waals surface area contributed by atoms with E-state index in [1.165, 1.54) is 6.26 Å². The summed E-state index contributed by atoms with van der Waals surface area (Å²) in [6, 6.07) is 0. The van der Waals surface area contributed by atoms with Crippen LogP contribution in [0.25, 0.3) is 0 Å². The SMILES string of the molecule is CC(O)C1CCN(CCCCS(C)(=O)=O)CC1. The van der Waals surface area contributed by atoms with E-state index in [-0.39, 0.29) is 6.10 Å². The summed E-state index contributed by atoms with van der Waals surface area (Å²) in [6.07, 6.45) is 4.93. The summed E-state index contributed by atoms with van der Waals surface area (Å²) in [4.78, 5) is 2.38. The van der Waals surface area contributed by atoms with E-state index < -0.39 is 9.84 Å². The summed E-state index contributed by atoms with van der Waals surface area (Å²) in [6.45, 7) is 4.93. The van der Waals surface area contributed by atoms with Crippen molar-refractivity contribution in [2.45, 2.75) is 38.7 Å². The predicted octanol–water partition coefficient (Wildman–Crippen LogP) is 0.904. The van der Waals surface area contributed by atoms with Gasteiger partial charge in [0.15, 0.2) is 0 Å². The van der Waals surface area contributed by atoms with E-state index in [9.17, 15) is 13.5 Å². The molecule has 0 aromatic carbocycles. The van der Waals surface area contributed by atoms with Crippen molar-refractivity contribution < 1.29 is 13.5 Å². The van der Waals surface area contributed by atoms with E-state index in [1.807, 2.05) is 6.92 Å². The van der Waals surface area contributed by atoms with E-state index in [0.717, 1.165) is 45.3 Å².